The van der Waals surface area contributed by atoms with Gasteiger partial charge in [0.25, 0.3) is 0 Å². The summed E-state index contributed by atoms with van der Waals surface area (Å²) in [6.07, 6.45) is -2.96. The van der Waals surface area contributed by atoms with Crippen molar-refractivity contribution in [1.82, 2.24) is 4.98 Å². The number of hydrogen-bond donors (Lipinski definition) is 0. The van der Waals surface area contributed by atoms with Gasteiger partial charge in [0.15, 0.2) is 0 Å². The van der Waals surface area contributed by atoms with Gasteiger partial charge in [-0.25, -0.2) is 0 Å². The molecule has 2 nitrogen and oxygen atoms in total. The number of pyridine rings is 1. The first-order valence-corrected chi connectivity index (χ1v) is 7.19. The van der Waals surface area contributed by atoms with E-state index < -0.39 is 6.36 Å². The second-order valence-corrected chi connectivity index (χ2v) is 5.55. The second kappa shape index (κ2) is 6.47. The van der Waals surface area contributed by atoms with Crippen LogP contribution in [0.2, 0.25) is 0 Å². The Hall–Kier alpha value is -1.56. The summed E-state index contributed by atoms with van der Waals surface area (Å²) in [6.45, 7) is 2.00. The Labute approximate surface area is 129 Å². The van der Waals surface area contributed by atoms with E-state index in [2.05, 4.69) is 25.7 Å². The number of ether oxygens (including phenoxy) is 1. The van der Waals surface area contributed by atoms with Crippen molar-refractivity contribution < 1.29 is 17.9 Å². The molecule has 0 aliphatic heterocycles. The largest absolute Gasteiger partial charge is 0.573 e. The Morgan fingerprint density at radius 1 is 1.10 bits per heavy atom. The Balaban J connectivity index is 2.11. The maximum atomic E-state index is 12.1. The zero-order valence-corrected chi connectivity index (χ0v) is 12.7. The summed E-state index contributed by atoms with van der Waals surface area (Å²) in [5.74, 6) is -0.142. The van der Waals surface area contributed by atoms with Gasteiger partial charge in [0, 0.05) is 22.6 Å². The predicted octanol–water partition coefficient (Wildman–Crippen LogP) is 5.22. The molecule has 1 aromatic carbocycles. The number of benzene rings is 1. The molecular weight excluding hydrogens is 347 g/mol. The van der Waals surface area contributed by atoms with Gasteiger partial charge in [0.2, 0.25) is 0 Å². The van der Waals surface area contributed by atoms with Crippen LogP contribution in [0.3, 0.4) is 0 Å². The minimum absolute atomic E-state index is 0.0488. The fourth-order valence-corrected chi connectivity index (χ4v) is 2.51. The smallest absolute Gasteiger partial charge is 0.406 e. The van der Waals surface area contributed by atoms with Crippen LogP contribution in [0, 0.1) is 0 Å². The van der Waals surface area contributed by atoms with Gasteiger partial charge in [0.05, 0.1) is 0 Å². The van der Waals surface area contributed by atoms with Crippen LogP contribution in [0.25, 0.3) is 0 Å². The van der Waals surface area contributed by atoms with Gasteiger partial charge >= 0.3 is 6.36 Å². The highest BCUT2D eigenvalue weighted by atomic mass is 79.9. The molecule has 2 atom stereocenters. The minimum Gasteiger partial charge on any atom is -0.406 e. The standard InChI is InChI=1S/C15H13BrF3NO/c1-10(13-4-2-3-9-20-13)14(16)11-5-7-12(8-6-11)21-15(17,18)19/h2-10,14H,1H3. The molecule has 0 radical (unpaired) electrons. The zero-order chi connectivity index (χ0) is 15.5. The van der Waals surface area contributed by atoms with Gasteiger partial charge in [-0.2, -0.15) is 0 Å². The van der Waals surface area contributed by atoms with E-state index in [1.54, 1.807) is 18.3 Å². The monoisotopic (exact) mass is 359 g/mol. The van der Waals surface area contributed by atoms with Crippen LogP contribution in [-0.2, 0) is 0 Å². The molecule has 2 aromatic rings. The van der Waals surface area contributed by atoms with Gasteiger partial charge in [-0.05, 0) is 29.8 Å². The summed E-state index contributed by atoms with van der Waals surface area (Å²) >= 11 is 3.57. The lowest BCUT2D eigenvalue weighted by molar-refractivity contribution is -0.274. The maximum Gasteiger partial charge on any atom is 0.573 e. The summed E-state index contributed by atoms with van der Waals surface area (Å²) in [7, 11) is 0. The van der Waals surface area contributed by atoms with Crippen LogP contribution < -0.4 is 4.74 Å². The lowest BCUT2D eigenvalue weighted by Crippen LogP contribution is -2.17. The number of halogens is 4. The minimum atomic E-state index is -4.67. The van der Waals surface area contributed by atoms with Crippen LogP contribution in [0.1, 0.15) is 28.9 Å². The Bertz CT molecular complexity index is 572. The molecule has 112 valence electrons. The van der Waals surface area contributed by atoms with E-state index in [9.17, 15) is 13.2 Å². The van der Waals surface area contributed by atoms with E-state index >= 15 is 0 Å². The summed E-state index contributed by atoms with van der Waals surface area (Å²) in [5, 5.41) is 0. The average molecular weight is 360 g/mol. The Morgan fingerprint density at radius 3 is 2.29 bits per heavy atom. The molecule has 21 heavy (non-hydrogen) atoms. The highest BCUT2D eigenvalue weighted by Crippen LogP contribution is 2.37. The van der Waals surface area contributed by atoms with Crippen molar-refractivity contribution in [3.8, 4) is 5.75 Å². The molecular formula is C15H13BrF3NO. The van der Waals surface area contributed by atoms with Gasteiger partial charge < -0.3 is 4.74 Å². The number of rotatable bonds is 4. The second-order valence-electron chi connectivity index (χ2n) is 4.56. The zero-order valence-electron chi connectivity index (χ0n) is 11.1. The van der Waals surface area contributed by atoms with Gasteiger partial charge in [-0.3, -0.25) is 4.98 Å². The molecule has 0 saturated carbocycles. The van der Waals surface area contributed by atoms with E-state index in [0.29, 0.717) is 0 Å². The normalized spacial score (nSPS) is 14.5. The predicted molar refractivity (Wildman–Crippen MR) is 77.4 cm³/mol. The SMILES string of the molecule is CC(c1ccccn1)C(Br)c1ccc(OC(F)(F)F)cc1. The van der Waals surface area contributed by atoms with Gasteiger partial charge in [-0.15, -0.1) is 13.2 Å². The molecule has 1 aromatic heterocycles. The van der Waals surface area contributed by atoms with Gasteiger partial charge in [-0.1, -0.05) is 41.1 Å². The first kappa shape index (κ1) is 15.8. The molecule has 0 bridgehead atoms. The van der Waals surface area contributed by atoms with Crippen molar-refractivity contribution in [3.05, 3.63) is 59.9 Å². The lowest BCUT2D eigenvalue weighted by Gasteiger charge is -2.18. The summed E-state index contributed by atoms with van der Waals surface area (Å²) in [4.78, 5) is 4.24. The molecule has 0 aliphatic carbocycles. The molecule has 6 heteroatoms. The molecule has 2 rings (SSSR count). The van der Waals surface area contributed by atoms with Crippen LogP contribution in [0.4, 0.5) is 13.2 Å². The third-order valence-electron chi connectivity index (χ3n) is 3.03. The molecule has 0 aliphatic rings. The quantitative estimate of drug-likeness (QED) is 0.698. The van der Waals surface area contributed by atoms with E-state index in [-0.39, 0.29) is 16.5 Å². The molecule has 0 saturated heterocycles. The van der Waals surface area contributed by atoms with Crippen LogP contribution in [0.15, 0.2) is 48.7 Å². The molecule has 0 amide bonds. The highest BCUT2D eigenvalue weighted by Gasteiger charge is 2.31. The van der Waals surface area contributed by atoms with E-state index in [1.807, 2.05) is 25.1 Å². The lowest BCUT2D eigenvalue weighted by atomic mass is 9.97. The van der Waals surface area contributed by atoms with E-state index in [0.717, 1.165) is 11.3 Å². The Morgan fingerprint density at radius 2 is 1.76 bits per heavy atom. The number of aromatic nitrogens is 1. The van der Waals surface area contributed by atoms with E-state index in [4.69, 9.17) is 0 Å². The molecule has 0 fully saturated rings. The molecule has 0 spiro atoms. The molecule has 2 unspecified atom stereocenters. The van der Waals surface area contributed by atoms with Crippen molar-refractivity contribution in [2.75, 3.05) is 0 Å². The van der Waals surface area contributed by atoms with Crippen LogP contribution in [-0.4, -0.2) is 11.3 Å². The number of nitrogens with zero attached hydrogens (tertiary/aromatic N) is 1. The van der Waals surface area contributed by atoms with E-state index in [1.165, 1.54) is 12.1 Å². The molecule has 0 N–H and O–H groups in total. The van der Waals surface area contributed by atoms with Crippen LogP contribution >= 0.6 is 15.9 Å². The first-order chi connectivity index (χ1) is 9.87. The van der Waals surface area contributed by atoms with Gasteiger partial charge in [0.1, 0.15) is 5.75 Å². The molecule has 1 heterocycles. The summed E-state index contributed by atoms with van der Waals surface area (Å²) in [5.41, 5.74) is 1.78. The van der Waals surface area contributed by atoms with Crippen molar-refractivity contribution in [2.24, 2.45) is 0 Å². The summed E-state index contributed by atoms with van der Waals surface area (Å²) < 4.78 is 40.2. The van der Waals surface area contributed by atoms with Crippen molar-refractivity contribution in [2.45, 2.75) is 24.0 Å². The Kier molecular flexibility index (Phi) is 4.88. The fraction of sp³-hybridized carbons (Fsp3) is 0.267. The third-order valence-corrected chi connectivity index (χ3v) is 4.35. The summed E-state index contributed by atoms with van der Waals surface area (Å²) in [6, 6.07) is 11.5. The topological polar surface area (TPSA) is 22.1 Å². The third kappa shape index (κ3) is 4.46. The van der Waals surface area contributed by atoms with Crippen molar-refractivity contribution in [1.29, 1.82) is 0 Å². The first-order valence-electron chi connectivity index (χ1n) is 6.27. The number of hydrogen-bond acceptors (Lipinski definition) is 2. The average Bonchev–Trinajstić information content (AvgIpc) is 2.46. The van der Waals surface area contributed by atoms with Crippen LogP contribution in [0.5, 0.6) is 5.75 Å². The number of alkyl halides is 4. The maximum absolute atomic E-state index is 12.1. The van der Waals surface area contributed by atoms with Crippen molar-refractivity contribution >= 4 is 15.9 Å². The highest BCUT2D eigenvalue weighted by molar-refractivity contribution is 9.09. The fourth-order valence-electron chi connectivity index (χ4n) is 1.94. The van der Waals surface area contributed by atoms with Crippen molar-refractivity contribution in [3.63, 3.8) is 0 Å².